The van der Waals surface area contributed by atoms with Crippen molar-refractivity contribution in [3.8, 4) is 0 Å². The van der Waals surface area contributed by atoms with E-state index in [-0.39, 0.29) is 23.5 Å². The van der Waals surface area contributed by atoms with Crippen molar-refractivity contribution in [1.82, 2.24) is 0 Å². The quantitative estimate of drug-likeness (QED) is 0.502. The van der Waals surface area contributed by atoms with Crippen LogP contribution in [0.4, 0.5) is 0 Å². The lowest BCUT2D eigenvalue weighted by Crippen LogP contribution is -2.23. The van der Waals surface area contributed by atoms with Crippen LogP contribution in [0.25, 0.3) is 0 Å². The second-order valence-electron chi connectivity index (χ2n) is 5.44. The molecule has 2 unspecified atom stereocenters. The van der Waals surface area contributed by atoms with E-state index in [1.165, 1.54) is 0 Å². The highest BCUT2D eigenvalue weighted by Crippen LogP contribution is 2.25. The fourth-order valence-corrected chi connectivity index (χ4v) is 4.72. The zero-order valence-electron chi connectivity index (χ0n) is 12.4. The van der Waals surface area contributed by atoms with E-state index in [1.807, 2.05) is 11.8 Å². The SMILES string of the molecule is O=C1CCCC(CCSCCCSC2CCCC(=O)O2)O1. The maximum absolute atomic E-state index is 11.2. The molecule has 0 amide bonds. The molecule has 4 nitrogen and oxygen atoms in total. The van der Waals surface area contributed by atoms with Gasteiger partial charge in [-0.1, -0.05) is 0 Å². The summed E-state index contributed by atoms with van der Waals surface area (Å²) in [4.78, 5) is 22.3. The van der Waals surface area contributed by atoms with Gasteiger partial charge in [-0.15, -0.1) is 11.8 Å². The minimum absolute atomic E-state index is 0.0327. The maximum Gasteiger partial charge on any atom is 0.306 e. The first-order valence-corrected chi connectivity index (χ1v) is 10.0. The molecule has 2 fully saturated rings. The number of thioether (sulfide) groups is 2. The third-order valence-corrected chi connectivity index (χ3v) is 5.94. The standard InChI is InChI=1S/C15H24O4S2/c16-13-5-1-4-12(18-13)8-11-20-9-3-10-21-15-7-2-6-14(17)19-15/h12,15H,1-11H2. The molecule has 2 heterocycles. The van der Waals surface area contributed by atoms with E-state index >= 15 is 0 Å². The van der Waals surface area contributed by atoms with Crippen LogP contribution in [0.5, 0.6) is 0 Å². The normalized spacial score (nSPS) is 26.3. The van der Waals surface area contributed by atoms with Crippen molar-refractivity contribution in [2.24, 2.45) is 0 Å². The van der Waals surface area contributed by atoms with Gasteiger partial charge in [0.2, 0.25) is 0 Å². The van der Waals surface area contributed by atoms with Crippen molar-refractivity contribution in [2.75, 3.05) is 17.3 Å². The second-order valence-corrected chi connectivity index (χ2v) is 7.93. The zero-order valence-corrected chi connectivity index (χ0v) is 14.0. The summed E-state index contributed by atoms with van der Waals surface area (Å²) in [7, 11) is 0. The van der Waals surface area contributed by atoms with Crippen molar-refractivity contribution in [3.63, 3.8) is 0 Å². The molecular formula is C15H24O4S2. The number of ether oxygens (including phenoxy) is 2. The third-order valence-electron chi connectivity index (χ3n) is 3.61. The summed E-state index contributed by atoms with van der Waals surface area (Å²) in [5, 5.41) is 0. The molecule has 21 heavy (non-hydrogen) atoms. The minimum atomic E-state index is -0.0462. The monoisotopic (exact) mass is 332 g/mol. The van der Waals surface area contributed by atoms with Crippen LogP contribution in [0.1, 0.15) is 51.4 Å². The molecule has 0 N–H and O–H groups in total. The summed E-state index contributed by atoms with van der Waals surface area (Å²) in [6.45, 7) is 0. The van der Waals surface area contributed by atoms with Crippen LogP contribution in [-0.2, 0) is 19.1 Å². The minimum Gasteiger partial charge on any atom is -0.462 e. The first kappa shape index (κ1) is 17.0. The van der Waals surface area contributed by atoms with Crippen LogP contribution in [0.3, 0.4) is 0 Å². The van der Waals surface area contributed by atoms with Crippen LogP contribution in [0.15, 0.2) is 0 Å². The molecule has 2 rings (SSSR count). The molecular weight excluding hydrogens is 308 g/mol. The molecule has 2 atom stereocenters. The first-order chi connectivity index (χ1) is 10.2. The average Bonchev–Trinajstić information content (AvgIpc) is 2.46. The molecule has 0 spiro atoms. The lowest BCUT2D eigenvalue weighted by Gasteiger charge is -2.22. The highest BCUT2D eigenvalue weighted by Gasteiger charge is 2.21. The molecule has 0 aromatic carbocycles. The summed E-state index contributed by atoms with van der Waals surface area (Å²) in [5.41, 5.74) is 0.0814. The number of rotatable bonds is 8. The molecule has 0 aromatic heterocycles. The lowest BCUT2D eigenvalue weighted by atomic mass is 10.1. The molecule has 0 bridgehead atoms. The van der Waals surface area contributed by atoms with Gasteiger partial charge in [0.1, 0.15) is 11.5 Å². The van der Waals surface area contributed by atoms with E-state index in [2.05, 4.69) is 0 Å². The van der Waals surface area contributed by atoms with Gasteiger partial charge in [-0.05, 0) is 55.8 Å². The van der Waals surface area contributed by atoms with Crippen LogP contribution in [0.2, 0.25) is 0 Å². The summed E-state index contributed by atoms with van der Waals surface area (Å²) in [6.07, 6.45) is 7.39. The highest BCUT2D eigenvalue weighted by molar-refractivity contribution is 8.00. The number of esters is 2. The molecule has 0 aliphatic carbocycles. The van der Waals surface area contributed by atoms with Gasteiger partial charge in [-0.25, -0.2) is 0 Å². The number of carbonyl (C=O) groups excluding carboxylic acids is 2. The van der Waals surface area contributed by atoms with Crippen LogP contribution < -0.4 is 0 Å². The van der Waals surface area contributed by atoms with Crippen LogP contribution in [0, 0.1) is 0 Å². The van der Waals surface area contributed by atoms with Gasteiger partial charge in [0.15, 0.2) is 0 Å². The number of cyclic esters (lactones) is 2. The number of hydrogen-bond acceptors (Lipinski definition) is 6. The van der Waals surface area contributed by atoms with Crippen molar-refractivity contribution in [3.05, 3.63) is 0 Å². The molecule has 2 saturated heterocycles. The van der Waals surface area contributed by atoms with Gasteiger partial charge in [0.25, 0.3) is 0 Å². The molecule has 2 aliphatic rings. The van der Waals surface area contributed by atoms with E-state index in [0.29, 0.717) is 12.8 Å². The van der Waals surface area contributed by atoms with E-state index in [1.54, 1.807) is 11.8 Å². The Labute approximate surface area is 135 Å². The summed E-state index contributed by atoms with van der Waals surface area (Å²) in [6, 6.07) is 0. The number of hydrogen-bond donors (Lipinski definition) is 0. The third kappa shape index (κ3) is 6.96. The fraction of sp³-hybridized carbons (Fsp3) is 0.867. The van der Waals surface area contributed by atoms with E-state index in [4.69, 9.17) is 9.47 Å². The summed E-state index contributed by atoms with van der Waals surface area (Å²) >= 11 is 3.68. The Kier molecular flexibility index (Phi) is 7.78. The maximum atomic E-state index is 11.2. The second kappa shape index (κ2) is 9.62. The average molecular weight is 332 g/mol. The Hall–Kier alpha value is -0.360. The predicted molar refractivity (Wildman–Crippen MR) is 86.5 cm³/mol. The largest absolute Gasteiger partial charge is 0.462 e. The Bertz CT molecular complexity index is 317. The molecule has 2 aliphatic heterocycles. The van der Waals surface area contributed by atoms with Crippen LogP contribution >= 0.6 is 23.5 Å². The molecule has 0 radical (unpaired) electrons. The van der Waals surface area contributed by atoms with Crippen molar-refractivity contribution < 1.29 is 19.1 Å². The Morgan fingerprint density at radius 1 is 0.952 bits per heavy atom. The van der Waals surface area contributed by atoms with Gasteiger partial charge in [-0.2, -0.15) is 11.8 Å². The molecule has 0 saturated carbocycles. The first-order valence-electron chi connectivity index (χ1n) is 7.82. The van der Waals surface area contributed by atoms with Crippen LogP contribution in [-0.4, -0.2) is 40.7 Å². The van der Waals surface area contributed by atoms with Gasteiger partial charge in [0.05, 0.1) is 0 Å². The molecule has 0 aromatic rings. The predicted octanol–water partition coefficient (Wildman–Crippen LogP) is 3.38. The summed E-state index contributed by atoms with van der Waals surface area (Å²) in [5.74, 6) is 3.14. The Morgan fingerprint density at radius 3 is 2.48 bits per heavy atom. The van der Waals surface area contributed by atoms with E-state index < -0.39 is 0 Å². The Balaban J connectivity index is 1.41. The van der Waals surface area contributed by atoms with Crippen molar-refractivity contribution >= 4 is 35.5 Å². The van der Waals surface area contributed by atoms with Gasteiger partial charge >= 0.3 is 11.9 Å². The molecule has 120 valence electrons. The zero-order chi connectivity index (χ0) is 14.9. The van der Waals surface area contributed by atoms with Gasteiger partial charge in [0, 0.05) is 12.8 Å². The smallest absolute Gasteiger partial charge is 0.306 e. The van der Waals surface area contributed by atoms with E-state index in [9.17, 15) is 9.59 Å². The fourth-order valence-electron chi connectivity index (χ4n) is 2.47. The van der Waals surface area contributed by atoms with Gasteiger partial charge < -0.3 is 9.47 Å². The van der Waals surface area contributed by atoms with Crippen molar-refractivity contribution in [2.45, 2.75) is 62.9 Å². The van der Waals surface area contributed by atoms with E-state index in [0.717, 1.165) is 55.8 Å². The molecule has 6 heteroatoms. The van der Waals surface area contributed by atoms with Gasteiger partial charge in [-0.3, -0.25) is 9.59 Å². The van der Waals surface area contributed by atoms with Crippen molar-refractivity contribution in [1.29, 1.82) is 0 Å². The Morgan fingerprint density at radius 2 is 1.71 bits per heavy atom. The number of carbonyl (C=O) groups is 2. The topological polar surface area (TPSA) is 52.6 Å². The highest BCUT2D eigenvalue weighted by atomic mass is 32.2. The lowest BCUT2D eigenvalue weighted by molar-refractivity contribution is -0.153. The summed E-state index contributed by atoms with van der Waals surface area (Å²) < 4.78 is 10.6.